The molecule has 0 unspecified atom stereocenters. The lowest BCUT2D eigenvalue weighted by molar-refractivity contribution is 0.0596. The zero-order valence-electron chi connectivity index (χ0n) is 20.9. The van der Waals surface area contributed by atoms with Crippen LogP contribution in [0.2, 0.25) is 0 Å². The second-order valence-corrected chi connectivity index (χ2v) is 9.18. The molecule has 5 rings (SSSR count). The van der Waals surface area contributed by atoms with Crippen molar-refractivity contribution in [3.8, 4) is 11.5 Å². The number of para-hydroxylation sites is 2. The van der Waals surface area contributed by atoms with Gasteiger partial charge in [-0.05, 0) is 41.8 Å². The summed E-state index contributed by atoms with van der Waals surface area (Å²) in [5, 5.41) is 6.20. The predicted molar refractivity (Wildman–Crippen MR) is 142 cm³/mol. The molecule has 0 aliphatic carbocycles. The van der Waals surface area contributed by atoms with Crippen LogP contribution in [0.15, 0.2) is 84.9 Å². The number of fused-ring (bicyclic) bond motifs is 2. The highest BCUT2D eigenvalue weighted by molar-refractivity contribution is 5.93. The summed E-state index contributed by atoms with van der Waals surface area (Å²) in [6.07, 6.45) is 0.710. The van der Waals surface area contributed by atoms with Crippen molar-refractivity contribution in [3.05, 3.63) is 107 Å². The van der Waals surface area contributed by atoms with Crippen LogP contribution in [0.5, 0.6) is 11.5 Å². The molecule has 5 heteroatoms. The van der Waals surface area contributed by atoms with E-state index in [0.717, 1.165) is 23.3 Å². The number of rotatable bonds is 7. The van der Waals surface area contributed by atoms with E-state index in [0.29, 0.717) is 17.9 Å². The molecular formula is C31H31NO4. The third-order valence-corrected chi connectivity index (χ3v) is 7.06. The van der Waals surface area contributed by atoms with Crippen LogP contribution in [-0.4, -0.2) is 32.8 Å². The molecule has 0 saturated carbocycles. The summed E-state index contributed by atoms with van der Waals surface area (Å²) in [6, 6.07) is 28.8. The molecule has 4 aromatic rings. The lowest BCUT2D eigenvalue weighted by Crippen LogP contribution is -2.37. The fourth-order valence-corrected chi connectivity index (χ4v) is 5.29. The Morgan fingerprint density at radius 2 is 1.67 bits per heavy atom. The van der Waals surface area contributed by atoms with Gasteiger partial charge in [0.15, 0.2) is 0 Å². The van der Waals surface area contributed by atoms with Gasteiger partial charge in [-0.1, -0.05) is 72.8 Å². The van der Waals surface area contributed by atoms with E-state index in [4.69, 9.17) is 14.2 Å². The summed E-state index contributed by atoms with van der Waals surface area (Å²) < 4.78 is 17.2. The van der Waals surface area contributed by atoms with Crippen molar-refractivity contribution in [2.45, 2.75) is 31.4 Å². The van der Waals surface area contributed by atoms with Gasteiger partial charge in [0.1, 0.15) is 23.2 Å². The Kier molecular flexibility index (Phi) is 6.92. The maximum absolute atomic E-state index is 12.4. The summed E-state index contributed by atoms with van der Waals surface area (Å²) in [4.78, 5) is 12.4. The minimum atomic E-state index is -0.406. The standard InChI is InChI=1S/C31H31NO4/c1-20(23-14-8-11-21-10-4-5-12-24(21)23)32-19-22-18-28(25-13-6-7-17-29(25)36-22)26-15-9-16-27(30(26)34-2)31(33)35-3/h4-17,20,22,28,32H,18-19H2,1-3H3/t20-,22-,28+/m1/s1. The maximum Gasteiger partial charge on any atom is 0.341 e. The van der Waals surface area contributed by atoms with Crippen LogP contribution >= 0.6 is 0 Å². The lowest BCUT2D eigenvalue weighted by atomic mass is 9.83. The summed E-state index contributed by atoms with van der Waals surface area (Å²) in [6.45, 7) is 2.88. The summed E-state index contributed by atoms with van der Waals surface area (Å²) >= 11 is 0. The van der Waals surface area contributed by atoms with Gasteiger partial charge in [0.05, 0.1) is 14.2 Å². The van der Waals surface area contributed by atoms with Crippen LogP contribution in [0.1, 0.15) is 52.4 Å². The Balaban J connectivity index is 1.42. The van der Waals surface area contributed by atoms with Crippen LogP contribution in [0.4, 0.5) is 0 Å². The molecule has 0 bridgehead atoms. The monoisotopic (exact) mass is 481 g/mol. The minimum Gasteiger partial charge on any atom is -0.496 e. The quantitative estimate of drug-likeness (QED) is 0.315. The van der Waals surface area contributed by atoms with Crippen LogP contribution in [0.3, 0.4) is 0 Å². The number of benzene rings is 4. The first-order valence-electron chi connectivity index (χ1n) is 12.3. The molecule has 1 aliphatic rings. The van der Waals surface area contributed by atoms with Gasteiger partial charge in [0, 0.05) is 29.6 Å². The van der Waals surface area contributed by atoms with Gasteiger partial charge in [0.25, 0.3) is 0 Å². The molecular weight excluding hydrogens is 450 g/mol. The van der Waals surface area contributed by atoms with Crippen LogP contribution in [0.25, 0.3) is 10.8 Å². The highest BCUT2D eigenvalue weighted by Gasteiger charge is 2.32. The largest absolute Gasteiger partial charge is 0.496 e. The Morgan fingerprint density at radius 1 is 0.944 bits per heavy atom. The van der Waals surface area contributed by atoms with E-state index in [9.17, 15) is 4.79 Å². The zero-order valence-corrected chi connectivity index (χ0v) is 20.9. The van der Waals surface area contributed by atoms with Gasteiger partial charge in [-0.3, -0.25) is 0 Å². The fourth-order valence-electron chi connectivity index (χ4n) is 5.29. The van der Waals surface area contributed by atoms with Crippen molar-refractivity contribution >= 4 is 16.7 Å². The topological polar surface area (TPSA) is 56.8 Å². The third kappa shape index (κ3) is 4.54. The van der Waals surface area contributed by atoms with Crippen LogP contribution in [0, 0.1) is 0 Å². The number of ether oxygens (including phenoxy) is 3. The molecule has 0 spiro atoms. The Morgan fingerprint density at radius 3 is 2.50 bits per heavy atom. The maximum atomic E-state index is 12.4. The Labute approximate surface area is 212 Å². The number of hydrogen-bond donors (Lipinski definition) is 1. The first kappa shape index (κ1) is 23.9. The van der Waals surface area contributed by atoms with Gasteiger partial charge < -0.3 is 19.5 Å². The number of nitrogens with one attached hydrogen (secondary N) is 1. The molecule has 0 amide bonds. The molecule has 5 nitrogen and oxygen atoms in total. The predicted octanol–water partition coefficient (Wildman–Crippen LogP) is 6.27. The summed E-state index contributed by atoms with van der Waals surface area (Å²) in [7, 11) is 2.98. The van der Waals surface area contributed by atoms with E-state index >= 15 is 0 Å². The average Bonchev–Trinajstić information content (AvgIpc) is 2.94. The van der Waals surface area contributed by atoms with Gasteiger partial charge in [0.2, 0.25) is 0 Å². The summed E-state index contributed by atoms with van der Waals surface area (Å²) in [5.74, 6) is 1.04. The van der Waals surface area contributed by atoms with Gasteiger partial charge in [-0.25, -0.2) is 4.79 Å². The van der Waals surface area contributed by atoms with Crippen molar-refractivity contribution in [2.75, 3.05) is 20.8 Å². The second kappa shape index (κ2) is 10.4. The SMILES string of the molecule is COC(=O)c1cccc([C@H]2C[C@H](CN[C@H](C)c3cccc4ccccc34)Oc3ccccc32)c1OC. The molecule has 4 aromatic carbocycles. The first-order chi connectivity index (χ1) is 17.6. The van der Waals surface area contributed by atoms with Crippen molar-refractivity contribution in [2.24, 2.45) is 0 Å². The first-order valence-corrected chi connectivity index (χ1v) is 12.3. The third-order valence-electron chi connectivity index (χ3n) is 7.06. The smallest absolute Gasteiger partial charge is 0.341 e. The molecule has 184 valence electrons. The highest BCUT2D eigenvalue weighted by Crippen LogP contribution is 2.44. The van der Waals surface area contributed by atoms with E-state index in [-0.39, 0.29) is 18.1 Å². The van der Waals surface area contributed by atoms with E-state index in [1.165, 1.54) is 23.4 Å². The van der Waals surface area contributed by atoms with E-state index in [1.54, 1.807) is 13.2 Å². The average molecular weight is 482 g/mol. The fraction of sp³-hybridized carbons (Fsp3) is 0.258. The summed E-state index contributed by atoms with van der Waals surface area (Å²) in [5.41, 5.74) is 3.76. The Hall–Kier alpha value is -3.83. The number of carbonyl (C=O) groups excluding carboxylic acids is 1. The van der Waals surface area contributed by atoms with E-state index in [1.807, 2.05) is 30.3 Å². The molecule has 0 aromatic heterocycles. The molecule has 36 heavy (non-hydrogen) atoms. The lowest BCUT2D eigenvalue weighted by Gasteiger charge is -2.34. The van der Waals surface area contributed by atoms with Crippen LogP contribution in [-0.2, 0) is 4.74 Å². The molecule has 0 radical (unpaired) electrons. The minimum absolute atomic E-state index is 0.0224. The van der Waals surface area contributed by atoms with Crippen molar-refractivity contribution in [3.63, 3.8) is 0 Å². The van der Waals surface area contributed by atoms with Crippen molar-refractivity contribution in [1.82, 2.24) is 5.32 Å². The molecule has 1 N–H and O–H groups in total. The number of esters is 1. The second-order valence-electron chi connectivity index (χ2n) is 9.18. The highest BCUT2D eigenvalue weighted by atomic mass is 16.5. The molecule has 3 atom stereocenters. The normalized spacial score (nSPS) is 17.6. The number of hydrogen-bond acceptors (Lipinski definition) is 5. The van der Waals surface area contributed by atoms with Gasteiger partial charge in [-0.2, -0.15) is 0 Å². The van der Waals surface area contributed by atoms with Crippen LogP contribution < -0.4 is 14.8 Å². The number of methoxy groups -OCH3 is 2. The zero-order chi connectivity index (χ0) is 25.1. The van der Waals surface area contributed by atoms with Crippen molar-refractivity contribution < 1.29 is 19.0 Å². The number of carbonyl (C=O) groups is 1. The van der Waals surface area contributed by atoms with Gasteiger partial charge >= 0.3 is 5.97 Å². The Bertz CT molecular complexity index is 1380. The van der Waals surface area contributed by atoms with E-state index in [2.05, 4.69) is 60.8 Å². The molecule has 1 aliphatic heterocycles. The van der Waals surface area contributed by atoms with Crippen molar-refractivity contribution in [1.29, 1.82) is 0 Å². The molecule has 0 saturated heterocycles. The van der Waals surface area contributed by atoms with E-state index < -0.39 is 5.97 Å². The molecule has 1 heterocycles. The molecule has 0 fully saturated rings. The van der Waals surface area contributed by atoms with Gasteiger partial charge in [-0.15, -0.1) is 0 Å².